The van der Waals surface area contributed by atoms with Gasteiger partial charge in [0.2, 0.25) is 0 Å². The molecule has 0 radical (unpaired) electrons. The number of thiazole rings is 1. The number of nitrogens with zero attached hydrogens (tertiary/aromatic N) is 2. The average Bonchev–Trinajstić information content (AvgIpc) is 3.13. The third-order valence-corrected chi connectivity index (χ3v) is 5.68. The molecular weight excluding hydrogens is 437 g/mol. The third kappa shape index (κ3) is 6.59. The Bertz CT molecular complexity index is 993. The number of anilines is 3. The lowest BCUT2D eigenvalue weighted by Crippen LogP contribution is -2.10. The summed E-state index contributed by atoms with van der Waals surface area (Å²) in [7, 11) is 0. The zero-order valence-corrected chi connectivity index (χ0v) is 18.7. The molecule has 0 fully saturated rings. The predicted molar refractivity (Wildman–Crippen MR) is 123 cm³/mol. The Balaban J connectivity index is 1.68. The highest BCUT2D eigenvalue weighted by Crippen LogP contribution is 2.40. The van der Waals surface area contributed by atoms with Gasteiger partial charge in [-0.3, -0.25) is 4.98 Å². The van der Waals surface area contributed by atoms with E-state index in [9.17, 15) is 13.2 Å². The van der Waals surface area contributed by atoms with Crippen molar-refractivity contribution in [3.8, 4) is 17.0 Å². The van der Waals surface area contributed by atoms with Gasteiger partial charge in [0.1, 0.15) is 16.4 Å². The van der Waals surface area contributed by atoms with Gasteiger partial charge in [0, 0.05) is 23.6 Å². The molecule has 0 aliphatic rings. The Morgan fingerprint density at radius 1 is 1.09 bits per heavy atom. The van der Waals surface area contributed by atoms with Crippen molar-refractivity contribution in [3.05, 3.63) is 48.3 Å². The third-order valence-electron chi connectivity index (χ3n) is 4.88. The number of ether oxygens (including phenoxy) is 1. The molecule has 0 saturated carbocycles. The van der Waals surface area contributed by atoms with E-state index in [1.807, 2.05) is 6.07 Å². The minimum absolute atomic E-state index is 0.161. The molecule has 2 aromatic heterocycles. The summed E-state index contributed by atoms with van der Waals surface area (Å²) in [5, 5.41) is 3.77. The summed E-state index contributed by atoms with van der Waals surface area (Å²) in [4.78, 5) is 8.45. The first-order valence-electron chi connectivity index (χ1n) is 10.7. The lowest BCUT2D eigenvalue weighted by Gasteiger charge is -2.15. The highest BCUT2D eigenvalue weighted by molar-refractivity contribution is 7.19. The molecule has 3 aromatic rings. The monoisotopic (exact) mass is 464 g/mol. The highest BCUT2D eigenvalue weighted by Gasteiger charge is 2.34. The highest BCUT2D eigenvalue weighted by atomic mass is 32.1. The fourth-order valence-electron chi connectivity index (χ4n) is 3.24. The van der Waals surface area contributed by atoms with Gasteiger partial charge >= 0.3 is 6.18 Å². The van der Waals surface area contributed by atoms with Crippen molar-refractivity contribution in [2.45, 2.75) is 51.6 Å². The van der Waals surface area contributed by atoms with Crippen molar-refractivity contribution in [2.24, 2.45) is 0 Å². The van der Waals surface area contributed by atoms with E-state index in [1.54, 1.807) is 24.5 Å². The van der Waals surface area contributed by atoms with E-state index in [2.05, 4.69) is 22.2 Å². The number of alkyl halides is 3. The van der Waals surface area contributed by atoms with Crippen molar-refractivity contribution in [1.29, 1.82) is 0 Å². The maximum Gasteiger partial charge on any atom is 0.420 e. The summed E-state index contributed by atoms with van der Waals surface area (Å²) >= 11 is 1.16. The molecular formula is C23H27F3N4OS. The van der Waals surface area contributed by atoms with E-state index in [4.69, 9.17) is 10.5 Å². The zero-order valence-electron chi connectivity index (χ0n) is 17.9. The van der Waals surface area contributed by atoms with Crippen molar-refractivity contribution in [3.63, 3.8) is 0 Å². The van der Waals surface area contributed by atoms with Gasteiger partial charge in [0.15, 0.2) is 5.13 Å². The Morgan fingerprint density at radius 3 is 2.59 bits per heavy atom. The fraction of sp³-hybridized carbons (Fsp3) is 0.391. The summed E-state index contributed by atoms with van der Waals surface area (Å²) in [5.74, 6) is -0.161. The first-order chi connectivity index (χ1) is 15.4. The van der Waals surface area contributed by atoms with Gasteiger partial charge in [0.25, 0.3) is 0 Å². The lowest BCUT2D eigenvalue weighted by atomic mass is 10.1. The number of unbranched alkanes of at least 4 members (excludes halogenated alkanes) is 5. The van der Waals surface area contributed by atoms with E-state index < -0.39 is 11.7 Å². The normalized spacial score (nSPS) is 11.5. The molecule has 172 valence electrons. The van der Waals surface area contributed by atoms with E-state index in [-0.39, 0.29) is 18.0 Å². The van der Waals surface area contributed by atoms with E-state index in [0.29, 0.717) is 15.8 Å². The Labute approximate surface area is 189 Å². The summed E-state index contributed by atoms with van der Waals surface area (Å²) in [6, 6.07) is 7.52. The van der Waals surface area contributed by atoms with Gasteiger partial charge in [-0.2, -0.15) is 13.2 Å². The average molecular weight is 465 g/mol. The van der Waals surface area contributed by atoms with Gasteiger partial charge < -0.3 is 15.8 Å². The predicted octanol–water partition coefficient (Wildman–Crippen LogP) is 7.29. The number of benzene rings is 1. The van der Waals surface area contributed by atoms with Crippen molar-refractivity contribution < 1.29 is 17.9 Å². The summed E-state index contributed by atoms with van der Waals surface area (Å²) in [6.45, 7) is 2.41. The topological polar surface area (TPSA) is 73.1 Å². The lowest BCUT2D eigenvalue weighted by molar-refractivity contribution is -0.138. The molecule has 0 aliphatic carbocycles. The number of nitrogens with two attached hydrogens (primary N) is 1. The molecule has 5 nitrogen and oxygen atoms in total. The standard InChI is InChI=1S/C23H27F3N4OS/c1-2-3-4-5-6-7-13-31-19-11-10-17(14-18(19)23(24,25)26)29-22-30-20(21(27)32-22)16-9-8-12-28-15-16/h8-12,14-15H,2-7,13,27H2,1H3,(H,29,30). The van der Waals surface area contributed by atoms with Crippen LogP contribution in [0.2, 0.25) is 0 Å². The number of halogens is 3. The van der Waals surface area contributed by atoms with Crippen LogP contribution in [0.25, 0.3) is 11.3 Å². The quantitative estimate of drug-likeness (QED) is 0.292. The minimum Gasteiger partial charge on any atom is -0.493 e. The molecule has 2 heterocycles. The van der Waals surface area contributed by atoms with Crippen molar-refractivity contribution in [2.75, 3.05) is 17.7 Å². The van der Waals surface area contributed by atoms with Gasteiger partial charge in [-0.15, -0.1) is 0 Å². The molecule has 0 amide bonds. The zero-order chi connectivity index (χ0) is 23.0. The number of rotatable bonds is 11. The second-order valence-electron chi connectivity index (χ2n) is 7.42. The van der Waals surface area contributed by atoms with Crippen LogP contribution < -0.4 is 15.8 Å². The van der Waals surface area contributed by atoms with E-state index >= 15 is 0 Å². The summed E-state index contributed by atoms with van der Waals surface area (Å²) in [5.41, 5.74) is 6.77. The van der Waals surface area contributed by atoms with Crippen LogP contribution in [0.3, 0.4) is 0 Å². The maximum absolute atomic E-state index is 13.6. The molecule has 0 spiro atoms. The molecule has 3 rings (SSSR count). The molecule has 32 heavy (non-hydrogen) atoms. The van der Waals surface area contributed by atoms with Crippen LogP contribution in [0.4, 0.5) is 29.0 Å². The van der Waals surface area contributed by atoms with Crippen LogP contribution in [0.1, 0.15) is 51.0 Å². The Hall–Kier alpha value is -2.81. The van der Waals surface area contributed by atoms with Crippen LogP contribution in [0.5, 0.6) is 5.75 Å². The molecule has 0 atom stereocenters. The SMILES string of the molecule is CCCCCCCCOc1ccc(Nc2nc(-c3cccnc3)c(N)s2)cc1C(F)(F)F. The molecule has 0 aliphatic heterocycles. The van der Waals surface area contributed by atoms with Gasteiger partial charge in [0.05, 0.1) is 12.2 Å². The van der Waals surface area contributed by atoms with Crippen molar-refractivity contribution >= 4 is 27.2 Å². The van der Waals surface area contributed by atoms with E-state index in [0.717, 1.165) is 55.1 Å². The number of pyridine rings is 1. The Kier molecular flexibility index (Phi) is 8.33. The molecule has 1 aromatic carbocycles. The van der Waals surface area contributed by atoms with Crippen LogP contribution >= 0.6 is 11.3 Å². The molecule has 0 saturated heterocycles. The van der Waals surface area contributed by atoms with Crippen LogP contribution in [0.15, 0.2) is 42.7 Å². The number of hydrogen-bond acceptors (Lipinski definition) is 6. The second-order valence-corrected chi connectivity index (χ2v) is 8.45. The molecule has 9 heteroatoms. The molecule has 0 unspecified atom stereocenters. The smallest absolute Gasteiger partial charge is 0.420 e. The van der Waals surface area contributed by atoms with Crippen LogP contribution in [-0.4, -0.2) is 16.6 Å². The summed E-state index contributed by atoms with van der Waals surface area (Å²) in [6.07, 6.45) is 4.98. The fourth-order valence-corrected chi connectivity index (χ4v) is 4.01. The number of aromatic nitrogens is 2. The van der Waals surface area contributed by atoms with Gasteiger partial charge in [-0.25, -0.2) is 4.98 Å². The van der Waals surface area contributed by atoms with Crippen molar-refractivity contribution in [1.82, 2.24) is 9.97 Å². The molecule has 3 N–H and O–H groups in total. The second kappa shape index (κ2) is 11.2. The first-order valence-corrected chi connectivity index (χ1v) is 11.5. The Morgan fingerprint density at radius 2 is 1.88 bits per heavy atom. The maximum atomic E-state index is 13.6. The number of hydrogen-bond donors (Lipinski definition) is 2. The number of nitrogen functional groups attached to an aromatic ring is 1. The van der Waals surface area contributed by atoms with Gasteiger partial charge in [-0.05, 0) is 36.8 Å². The first kappa shape index (κ1) is 23.8. The summed E-state index contributed by atoms with van der Waals surface area (Å²) < 4.78 is 46.3. The van der Waals surface area contributed by atoms with Gasteiger partial charge in [-0.1, -0.05) is 50.4 Å². The number of nitrogens with one attached hydrogen (secondary N) is 1. The van der Waals surface area contributed by atoms with Crippen LogP contribution in [0, 0.1) is 0 Å². The van der Waals surface area contributed by atoms with Crippen LogP contribution in [-0.2, 0) is 6.18 Å². The molecule has 0 bridgehead atoms. The van der Waals surface area contributed by atoms with E-state index in [1.165, 1.54) is 12.5 Å². The minimum atomic E-state index is -4.53. The largest absolute Gasteiger partial charge is 0.493 e.